The number of halogens is 1. The van der Waals surface area contributed by atoms with Crippen LogP contribution in [0.5, 0.6) is 0 Å². The highest BCUT2D eigenvalue weighted by molar-refractivity contribution is 6.30. The smallest absolute Gasteiger partial charge is 0.0577 e. The van der Waals surface area contributed by atoms with E-state index in [-0.39, 0.29) is 0 Å². The molecule has 3 heteroatoms. The number of rotatable bonds is 2. The normalized spacial score (nSPS) is 26.3. The molecule has 0 amide bonds. The number of benzene rings is 1. The van der Waals surface area contributed by atoms with E-state index in [4.69, 9.17) is 16.8 Å². The lowest BCUT2D eigenvalue weighted by Gasteiger charge is -1.99. The van der Waals surface area contributed by atoms with Crippen molar-refractivity contribution in [3.8, 4) is 0 Å². The fraction of sp³-hybridized carbons (Fsp3) is 0.364. The summed E-state index contributed by atoms with van der Waals surface area (Å²) in [4.78, 5) is 0. The van der Waals surface area contributed by atoms with E-state index in [1.54, 1.807) is 0 Å². The topological polar surface area (TPSA) is 32.6 Å². The van der Waals surface area contributed by atoms with Gasteiger partial charge in [0.1, 0.15) is 0 Å². The summed E-state index contributed by atoms with van der Waals surface area (Å²) >= 11 is 5.80. The molecule has 0 radical (unpaired) electrons. The zero-order valence-corrected chi connectivity index (χ0v) is 8.70. The Morgan fingerprint density at radius 2 is 2.07 bits per heavy atom. The molecule has 1 saturated carbocycles. The van der Waals surface area contributed by atoms with Gasteiger partial charge in [0.25, 0.3) is 0 Å². The van der Waals surface area contributed by atoms with Crippen molar-refractivity contribution in [2.75, 3.05) is 0 Å². The molecule has 0 spiro atoms. The predicted octanol–water partition coefficient (Wildman–Crippen LogP) is 3.29. The summed E-state index contributed by atoms with van der Waals surface area (Å²) in [6.45, 7) is 1.86. The maximum Gasteiger partial charge on any atom is 0.0577 e. The Morgan fingerprint density at radius 1 is 1.43 bits per heavy atom. The molecule has 1 N–H and O–H groups in total. The second-order valence-electron chi connectivity index (χ2n) is 3.74. The summed E-state index contributed by atoms with van der Waals surface area (Å²) < 4.78 is 0. The lowest BCUT2D eigenvalue weighted by Crippen LogP contribution is -1.95. The Balaban J connectivity index is 2.10. The zero-order valence-electron chi connectivity index (χ0n) is 7.94. The number of hydrogen-bond acceptors (Lipinski definition) is 2. The first-order chi connectivity index (χ1) is 6.72. The van der Waals surface area contributed by atoms with Crippen LogP contribution in [0.4, 0.5) is 0 Å². The summed E-state index contributed by atoms with van der Waals surface area (Å²) in [5, 5.41) is 12.6. The second-order valence-corrected chi connectivity index (χ2v) is 4.18. The Bertz CT molecular complexity index is 358. The van der Waals surface area contributed by atoms with Gasteiger partial charge in [-0.15, -0.1) is 0 Å². The minimum absolute atomic E-state index is 0.418. The van der Waals surface area contributed by atoms with Crippen molar-refractivity contribution in [1.82, 2.24) is 0 Å². The quantitative estimate of drug-likeness (QED) is 0.453. The third-order valence-electron chi connectivity index (χ3n) is 2.78. The van der Waals surface area contributed by atoms with Gasteiger partial charge in [-0.25, -0.2) is 0 Å². The van der Waals surface area contributed by atoms with Crippen molar-refractivity contribution >= 4 is 17.3 Å². The molecule has 0 bridgehead atoms. The van der Waals surface area contributed by atoms with Gasteiger partial charge >= 0.3 is 0 Å². The lowest BCUT2D eigenvalue weighted by molar-refractivity contribution is 0.316. The van der Waals surface area contributed by atoms with Crippen molar-refractivity contribution < 1.29 is 5.21 Å². The fourth-order valence-electron chi connectivity index (χ4n) is 1.81. The predicted molar refractivity (Wildman–Crippen MR) is 57.2 cm³/mol. The van der Waals surface area contributed by atoms with Gasteiger partial charge in [-0.3, -0.25) is 0 Å². The Hall–Kier alpha value is -1.02. The van der Waals surface area contributed by atoms with E-state index in [2.05, 4.69) is 5.16 Å². The van der Waals surface area contributed by atoms with Crippen LogP contribution in [0.25, 0.3) is 0 Å². The van der Waals surface area contributed by atoms with Crippen molar-refractivity contribution in [3.63, 3.8) is 0 Å². The molecule has 0 aromatic heterocycles. The molecule has 0 heterocycles. The fourth-order valence-corrected chi connectivity index (χ4v) is 1.94. The van der Waals surface area contributed by atoms with Gasteiger partial charge in [-0.05, 0) is 37.0 Å². The van der Waals surface area contributed by atoms with Crippen LogP contribution < -0.4 is 0 Å². The van der Waals surface area contributed by atoms with E-state index >= 15 is 0 Å². The molecule has 1 aliphatic rings. The first-order valence-corrected chi connectivity index (χ1v) is 5.04. The monoisotopic (exact) mass is 209 g/mol. The van der Waals surface area contributed by atoms with Crippen molar-refractivity contribution in [2.24, 2.45) is 11.1 Å². The molecule has 74 valence electrons. The van der Waals surface area contributed by atoms with Gasteiger partial charge < -0.3 is 5.21 Å². The molecular formula is C11H12ClNO. The van der Waals surface area contributed by atoms with Crippen LogP contribution in [0.1, 0.15) is 24.8 Å². The van der Waals surface area contributed by atoms with E-state index in [1.807, 2.05) is 31.2 Å². The third-order valence-corrected chi connectivity index (χ3v) is 3.03. The number of oxime groups is 1. The van der Waals surface area contributed by atoms with Crippen molar-refractivity contribution in [2.45, 2.75) is 19.3 Å². The Labute approximate surface area is 88.2 Å². The average Bonchev–Trinajstić information content (AvgIpc) is 2.98. The Kier molecular flexibility index (Phi) is 2.46. The second kappa shape index (κ2) is 3.62. The summed E-state index contributed by atoms with van der Waals surface area (Å²) in [7, 11) is 0. The third kappa shape index (κ3) is 1.75. The van der Waals surface area contributed by atoms with E-state index in [0.29, 0.717) is 11.8 Å². The van der Waals surface area contributed by atoms with Gasteiger partial charge in [-0.1, -0.05) is 28.9 Å². The lowest BCUT2D eigenvalue weighted by atomic mass is 10.1. The molecule has 1 aliphatic carbocycles. The average molecular weight is 210 g/mol. The van der Waals surface area contributed by atoms with Gasteiger partial charge in [0.2, 0.25) is 0 Å². The van der Waals surface area contributed by atoms with Gasteiger partial charge in [0.05, 0.1) is 5.71 Å². The number of hydrogen-bond donors (Lipinski definition) is 1. The van der Waals surface area contributed by atoms with E-state index in [0.717, 1.165) is 17.2 Å². The summed E-state index contributed by atoms with van der Waals surface area (Å²) in [5.74, 6) is 0.935. The zero-order chi connectivity index (χ0) is 10.1. The molecule has 1 fully saturated rings. The van der Waals surface area contributed by atoms with Crippen LogP contribution in [0.3, 0.4) is 0 Å². The molecule has 2 atom stereocenters. The molecule has 0 aliphatic heterocycles. The molecule has 1 aromatic carbocycles. The minimum Gasteiger partial charge on any atom is -0.411 e. The van der Waals surface area contributed by atoms with Gasteiger partial charge in [0.15, 0.2) is 0 Å². The van der Waals surface area contributed by atoms with Crippen molar-refractivity contribution in [3.05, 3.63) is 34.9 Å². The van der Waals surface area contributed by atoms with Crippen LogP contribution in [0.2, 0.25) is 5.02 Å². The summed E-state index contributed by atoms with van der Waals surface area (Å²) in [5.41, 5.74) is 2.10. The largest absolute Gasteiger partial charge is 0.411 e. The molecule has 2 rings (SSSR count). The molecule has 14 heavy (non-hydrogen) atoms. The van der Waals surface area contributed by atoms with Crippen molar-refractivity contribution in [1.29, 1.82) is 0 Å². The molecule has 2 nitrogen and oxygen atoms in total. The molecule has 0 unspecified atom stereocenters. The van der Waals surface area contributed by atoms with Crippen LogP contribution in [-0.4, -0.2) is 10.9 Å². The number of nitrogens with zero attached hydrogens (tertiary/aromatic N) is 1. The summed E-state index contributed by atoms with van der Waals surface area (Å²) in [6.07, 6.45) is 1.08. The van der Waals surface area contributed by atoms with Crippen LogP contribution in [-0.2, 0) is 0 Å². The van der Waals surface area contributed by atoms with E-state index in [9.17, 15) is 0 Å². The SMILES string of the molecule is CC(=NO)[C@@H]1C[C@@H]1c1ccc(Cl)cc1. The van der Waals surface area contributed by atoms with Gasteiger partial charge in [0, 0.05) is 10.9 Å². The van der Waals surface area contributed by atoms with E-state index in [1.165, 1.54) is 5.56 Å². The maximum absolute atomic E-state index is 8.62. The highest BCUT2D eigenvalue weighted by Gasteiger charge is 2.40. The van der Waals surface area contributed by atoms with E-state index < -0.39 is 0 Å². The van der Waals surface area contributed by atoms with Crippen LogP contribution in [0.15, 0.2) is 29.4 Å². The Morgan fingerprint density at radius 3 is 2.64 bits per heavy atom. The van der Waals surface area contributed by atoms with Crippen LogP contribution in [0, 0.1) is 5.92 Å². The molecular weight excluding hydrogens is 198 g/mol. The highest BCUT2D eigenvalue weighted by Crippen LogP contribution is 2.48. The van der Waals surface area contributed by atoms with Crippen LogP contribution >= 0.6 is 11.6 Å². The first kappa shape index (κ1) is 9.53. The standard InChI is InChI=1S/C11H12ClNO/c1-7(13-14)10-6-11(10)8-2-4-9(12)5-3-8/h2-5,10-11,14H,6H2,1H3/t10-,11+/m0/s1. The van der Waals surface area contributed by atoms with Gasteiger partial charge in [-0.2, -0.15) is 0 Å². The minimum atomic E-state index is 0.418. The molecule has 1 aromatic rings. The first-order valence-electron chi connectivity index (χ1n) is 4.66. The maximum atomic E-state index is 8.62. The highest BCUT2D eigenvalue weighted by atomic mass is 35.5. The molecule has 0 saturated heterocycles. The summed E-state index contributed by atoms with van der Waals surface area (Å²) in [6, 6.07) is 7.88.